The van der Waals surface area contributed by atoms with Gasteiger partial charge < -0.3 is 10.6 Å². The van der Waals surface area contributed by atoms with Crippen molar-refractivity contribution in [2.75, 3.05) is 23.7 Å². The molecular formula is C16H15IN4S. The number of thiocarbonyl (C=S) groups is 1. The lowest BCUT2D eigenvalue weighted by Crippen LogP contribution is -2.40. The fraction of sp³-hybridized carbons (Fsp3) is 0.125. The summed E-state index contributed by atoms with van der Waals surface area (Å²) in [5, 5.41) is 7.24. The van der Waals surface area contributed by atoms with Crippen LogP contribution in [0.4, 0.5) is 11.4 Å². The van der Waals surface area contributed by atoms with E-state index in [4.69, 9.17) is 12.2 Å². The van der Waals surface area contributed by atoms with E-state index in [-0.39, 0.29) is 0 Å². The van der Waals surface area contributed by atoms with E-state index in [9.17, 15) is 0 Å². The number of halogens is 1. The Kier molecular flexibility index (Phi) is 4.89. The monoisotopic (exact) mass is 422 g/mol. The molecule has 1 aliphatic rings. The highest BCUT2D eigenvalue weighted by molar-refractivity contribution is 14.1. The normalized spacial score (nSPS) is 13.7. The second kappa shape index (κ2) is 7.06. The van der Waals surface area contributed by atoms with Crippen LogP contribution in [0.1, 0.15) is 0 Å². The molecule has 0 atom stereocenters. The number of hydrogen-bond donors (Lipinski definition) is 2. The van der Waals surface area contributed by atoms with E-state index in [1.807, 2.05) is 47.4 Å². The zero-order valence-electron chi connectivity index (χ0n) is 11.8. The van der Waals surface area contributed by atoms with Crippen LogP contribution in [0.15, 0.2) is 59.6 Å². The van der Waals surface area contributed by atoms with Crippen molar-refractivity contribution in [1.29, 1.82) is 0 Å². The Balaban J connectivity index is 1.68. The van der Waals surface area contributed by atoms with Gasteiger partial charge in [0, 0.05) is 21.5 Å². The number of aliphatic imine (C=N–C) groups is 1. The van der Waals surface area contributed by atoms with Crippen molar-refractivity contribution < 1.29 is 0 Å². The number of guanidine groups is 1. The average Bonchev–Trinajstić information content (AvgIpc) is 2.96. The Hall–Kier alpha value is -1.67. The van der Waals surface area contributed by atoms with Crippen molar-refractivity contribution in [2.24, 2.45) is 4.99 Å². The fourth-order valence-electron chi connectivity index (χ4n) is 2.16. The van der Waals surface area contributed by atoms with Gasteiger partial charge >= 0.3 is 0 Å². The average molecular weight is 422 g/mol. The van der Waals surface area contributed by atoms with Crippen molar-refractivity contribution in [3.63, 3.8) is 0 Å². The van der Waals surface area contributed by atoms with Crippen molar-refractivity contribution in [3.8, 4) is 0 Å². The number of anilines is 2. The van der Waals surface area contributed by atoms with E-state index in [2.05, 4.69) is 50.3 Å². The maximum atomic E-state index is 5.52. The van der Waals surface area contributed by atoms with Crippen LogP contribution in [0.5, 0.6) is 0 Å². The van der Waals surface area contributed by atoms with Crippen LogP contribution < -0.4 is 10.6 Å². The second-order valence-corrected chi connectivity index (χ2v) is 6.42. The molecule has 6 heteroatoms. The highest BCUT2D eigenvalue weighted by atomic mass is 127. The van der Waals surface area contributed by atoms with E-state index >= 15 is 0 Å². The molecule has 0 radical (unpaired) electrons. The highest BCUT2D eigenvalue weighted by Crippen LogP contribution is 2.15. The van der Waals surface area contributed by atoms with Gasteiger partial charge in [0.15, 0.2) is 5.11 Å². The Morgan fingerprint density at radius 1 is 1.09 bits per heavy atom. The van der Waals surface area contributed by atoms with Gasteiger partial charge in [0.25, 0.3) is 0 Å². The molecule has 0 saturated carbocycles. The van der Waals surface area contributed by atoms with Crippen molar-refractivity contribution >= 4 is 57.3 Å². The van der Waals surface area contributed by atoms with Crippen molar-refractivity contribution in [3.05, 3.63) is 58.2 Å². The molecule has 0 aliphatic carbocycles. The molecule has 0 amide bonds. The minimum atomic E-state index is 0.654. The van der Waals surface area contributed by atoms with Gasteiger partial charge in [-0.1, -0.05) is 24.3 Å². The first-order valence-electron chi connectivity index (χ1n) is 6.93. The molecule has 4 nitrogen and oxygen atoms in total. The van der Waals surface area contributed by atoms with E-state index in [0.29, 0.717) is 5.11 Å². The van der Waals surface area contributed by atoms with E-state index in [0.717, 1.165) is 30.4 Å². The third-order valence-corrected chi connectivity index (χ3v) is 4.19. The summed E-state index contributed by atoms with van der Waals surface area (Å²) in [4.78, 5) is 6.48. The van der Waals surface area contributed by atoms with E-state index in [1.54, 1.807) is 0 Å². The van der Waals surface area contributed by atoms with E-state index < -0.39 is 0 Å². The van der Waals surface area contributed by atoms with Crippen LogP contribution in [0.3, 0.4) is 0 Å². The molecule has 0 unspecified atom stereocenters. The summed E-state index contributed by atoms with van der Waals surface area (Å²) in [7, 11) is 0. The van der Waals surface area contributed by atoms with Crippen LogP contribution in [0.2, 0.25) is 0 Å². The molecule has 3 rings (SSSR count). The van der Waals surface area contributed by atoms with Crippen LogP contribution in [-0.2, 0) is 0 Å². The molecule has 2 N–H and O–H groups in total. The van der Waals surface area contributed by atoms with Crippen LogP contribution >= 0.6 is 34.8 Å². The largest absolute Gasteiger partial charge is 0.332 e. The second-order valence-electron chi connectivity index (χ2n) is 4.79. The molecular weight excluding hydrogens is 407 g/mol. The molecule has 112 valence electrons. The van der Waals surface area contributed by atoms with Crippen LogP contribution in [0, 0.1) is 3.57 Å². The standard InChI is InChI=1S/C16H15IN4S/c17-12-5-4-8-14(11-12)20-16(22)21-10-9-18-15(21)19-13-6-2-1-3-7-13/h1-8,11H,9-10H2,(H,18,19)(H,20,22). The topological polar surface area (TPSA) is 39.7 Å². The Labute approximate surface area is 148 Å². The van der Waals surface area contributed by atoms with Gasteiger partial charge in [0.2, 0.25) is 5.96 Å². The number of nitrogens with zero attached hydrogens (tertiary/aromatic N) is 2. The Bertz CT molecular complexity index is 702. The molecule has 0 fully saturated rings. The Morgan fingerprint density at radius 3 is 2.64 bits per heavy atom. The molecule has 1 aliphatic heterocycles. The van der Waals surface area contributed by atoms with Gasteiger partial charge in [0.1, 0.15) is 0 Å². The third-order valence-electron chi connectivity index (χ3n) is 3.19. The molecule has 0 spiro atoms. The predicted molar refractivity (Wildman–Crippen MR) is 104 cm³/mol. The first-order valence-corrected chi connectivity index (χ1v) is 8.42. The zero-order chi connectivity index (χ0) is 15.4. The molecule has 0 aromatic heterocycles. The zero-order valence-corrected chi connectivity index (χ0v) is 14.8. The van der Waals surface area contributed by atoms with Gasteiger partial charge in [-0.2, -0.15) is 0 Å². The molecule has 2 aromatic carbocycles. The lowest BCUT2D eigenvalue weighted by atomic mass is 10.3. The molecule has 0 bridgehead atoms. The summed E-state index contributed by atoms with van der Waals surface area (Å²) in [6.07, 6.45) is 0. The number of benzene rings is 2. The molecule has 22 heavy (non-hydrogen) atoms. The lowest BCUT2D eigenvalue weighted by Gasteiger charge is -2.22. The third kappa shape index (κ3) is 3.75. The quantitative estimate of drug-likeness (QED) is 0.571. The molecule has 1 heterocycles. The minimum Gasteiger partial charge on any atom is -0.332 e. The SMILES string of the molecule is S=C(Nc1cccc(I)c1)N1CCN=C1Nc1ccccc1. The van der Waals surface area contributed by atoms with Gasteiger partial charge in [-0.3, -0.25) is 9.89 Å². The number of nitrogens with one attached hydrogen (secondary N) is 2. The molecule has 0 saturated heterocycles. The summed E-state index contributed by atoms with van der Waals surface area (Å²) in [5.74, 6) is 0.786. The van der Waals surface area contributed by atoms with Gasteiger partial charge in [-0.05, 0) is 65.1 Å². The number of hydrogen-bond acceptors (Lipinski definition) is 3. The smallest absolute Gasteiger partial charge is 0.204 e. The lowest BCUT2D eigenvalue weighted by molar-refractivity contribution is 0.674. The van der Waals surface area contributed by atoms with Crippen LogP contribution in [-0.4, -0.2) is 29.1 Å². The van der Waals surface area contributed by atoms with E-state index in [1.165, 1.54) is 3.57 Å². The number of para-hydroxylation sites is 1. The highest BCUT2D eigenvalue weighted by Gasteiger charge is 2.21. The maximum Gasteiger partial charge on any atom is 0.204 e. The van der Waals surface area contributed by atoms with Crippen molar-refractivity contribution in [2.45, 2.75) is 0 Å². The maximum absolute atomic E-state index is 5.52. The number of rotatable bonds is 2. The summed E-state index contributed by atoms with van der Waals surface area (Å²) in [6, 6.07) is 18.1. The molecule has 2 aromatic rings. The fourth-order valence-corrected chi connectivity index (χ4v) is 3.00. The van der Waals surface area contributed by atoms with Gasteiger partial charge in [-0.25, -0.2) is 0 Å². The van der Waals surface area contributed by atoms with Gasteiger partial charge in [0.05, 0.1) is 6.54 Å². The summed E-state index contributed by atoms with van der Waals surface area (Å²) < 4.78 is 1.17. The Morgan fingerprint density at radius 2 is 1.86 bits per heavy atom. The summed E-state index contributed by atoms with van der Waals surface area (Å²) in [5.41, 5.74) is 1.99. The first kappa shape index (κ1) is 15.2. The summed E-state index contributed by atoms with van der Waals surface area (Å²) in [6.45, 7) is 1.52. The van der Waals surface area contributed by atoms with Gasteiger partial charge in [-0.15, -0.1) is 0 Å². The van der Waals surface area contributed by atoms with Crippen molar-refractivity contribution in [1.82, 2.24) is 4.90 Å². The predicted octanol–water partition coefficient (Wildman–Crippen LogP) is 3.77. The van der Waals surface area contributed by atoms with Crippen LogP contribution in [0.25, 0.3) is 0 Å². The first-order chi connectivity index (χ1) is 10.7. The summed E-state index contributed by atoms with van der Waals surface area (Å²) >= 11 is 7.81. The minimum absolute atomic E-state index is 0.654.